The van der Waals surface area contributed by atoms with Crippen LogP contribution in [-0.2, 0) is 0 Å². The van der Waals surface area contributed by atoms with Crippen molar-refractivity contribution in [1.29, 1.82) is 0 Å². The first-order chi connectivity index (χ1) is 8.86. The maximum absolute atomic E-state index is 5.73. The first kappa shape index (κ1) is 12.7. The maximum atomic E-state index is 5.73. The van der Waals surface area contributed by atoms with Gasteiger partial charge in [-0.2, -0.15) is 0 Å². The zero-order valence-electron chi connectivity index (χ0n) is 11.0. The first-order valence-corrected chi connectivity index (χ1v) is 6.80. The Kier molecular flexibility index (Phi) is 4.42. The second-order valence-electron chi connectivity index (χ2n) is 4.78. The number of unbranched alkanes of at least 4 members (excludes halogenated alkanes) is 2. The van der Waals surface area contributed by atoms with Gasteiger partial charge in [0.15, 0.2) is 0 Å². The molecule has 2 aromatic rings. The van der Waals surface area contributed by atoms with Crippen molar-refractivity contribution in [2.75, 3.05) is 0 Å². The number of hydrogen-bond donors (Lipinski definition) is 0. The highest BCUT2D eigenvalue weighted by molar-refractivity contribution is 5.86. The van der Waals surface area contributed by atoms with Crippen LogP contribution in [0.3, 0.4) is 0 Å². The van der Waals surface area contributed by atoms with E-state index in [9.17, 15) is 0 Å². The van der Waals surface area contributed by atoms with E-state index in [1.807, 2.05) is 0 Å². The van der Waals surface area contributed by atoms with E-state index in [1.54, 1.807) is 0 Å². The van der Waals surface area contributed by atoms with Crippen LogP contribution in [0.1, 0.15) is 44.1 Å². The molecule has 0 nitrogen and oxygen atoms in total. The van der Waals surface area contributed by atoms with Gasteiger partial charge in [-0.1, -0.05) is 74.6 Å². The molecule has 0 saturated carbocycles. The number of terminal acetylenes is 1. The second-order valence-corrected chi connectivity index (χ2v) is 4.78. The van der Waals surface area contributed by atoms with Crippen LogP contribution in [0.2, 0.25) is 0 Å². The molecule has 0 bridgehead atoms. The van der Waals surface area contributed by atoms with Gasteiger partial charge in [0, 0.05) is 5.92 Å². The highest BCUT2D eigenvalue weighted by Gasteiger charge is 2.10. The molecule has 0 heterocycles. The van der Waals surface area contributed by atoms with Crippen molar-refractivity contribution in [2.45, 2.75) is 38.5 Å². The Morgan fingerprint density at radius 3 is 2.61 bits per heavy atom. The molecule has 0 aliphatic rings. The molecule has 18 heavy (non-hydrogen) atoms. The van der Waals surface area contributed by atoms with E-state index in [-0.39, 0.29) is 5.92 Å². The van der Waals surface area contributed by atoms with Crippen molar-refractivity contribution < 1.29 is 0 Å². The van der Waals surface area contributed by atoms with E-state index < -0.39 is 0 Å². The lowest BCUT2D eigenvalue weighted by Gasteiger charge is -2.13. The van der Waals surface area contributed by atoms with Crippen molar-refractivity contribution in [3.8, 4) is 12.3 Å². The summed E-state index contributed by atoms with van der Waals surface area (Å²) in [6, 6.07) is 14.9. The Morgan fingerprint density at radius 1 is 1.06 bits per heavy atom. The lowest BCUT2D eigenvalue weighted by molar-refractivity contribution is 0.639. The fourth-order valence-electron chi connectivity index (χ4n) is 2.48. The van der Waals surface area contributed by atoms with Gasteiger partial charge in [-0.15, -0.1) is 6.42 Å². The van der Waals surface area contributed by atoms with Gasteiger partial charge in [0.1, 0.15) is 0 Å². The molecule has 0 heteroatoms. The monoisotopic (exact) mass is 236 g/mol. The number of benzene rings is 2. The van der Waals surface area contributed by atoms with Crippen molar-refractivity contribution in [1.82, 2.24) is 0 Å². The van der Waals surface area contributed by atoms with Crippen LogP contribution < -0.4 is 0 Å². The van der Waals surface area contributed by atoms with Crippen LogP contribution in [-0.4, -0.2) is 0 Å². The van der Waals surface area contributed by atoms with Crippen molar-refractivity contribution in [3.63, 3.8) is 0 Å². The van der Waals surface area contributed by atoms with E-state index in [0.29, 0.717) is 0 Å². The van der Waals surface area contributed by atoms with Gasteiger partial charge < -0.3 is 0 Å². The highest BCUT2D eigenvalue weighted by atomic mass is 14.1. The summed E-state index contributed by atoms with van der Waals surface area (Å²) in [5.74, 6) is 3.22. The van der Waals surface area contributed by atoms with Crippen molar-refractivity contribution >= 4 is 10.8 Å². The minimum absolute atomic E-state index is 0.252. The van der Waals surface area contributed by atoms with E-state index in [2.05, 4.69) is 55.3 Å². The smallest absolute Gasteiger partial charge is 0.0455 e. The third-order valence-corrected chi connectivity index (χ3v) is 3.50. The zero-order chi connectivity index (χ0) is 12.8. The van der Waals surface area contributed by atoms with Gasteiger partial charge in [-0.3, -0.25) is 0 Å². The summed E-state index contributed by atoms with van der Waals surface area (Å²) in [5, 5.41) is 2.59. The first-order valence-electron chi connectivity index (χ1n) is 6.80. The van der Waals surface area contributed by atoms with Crippen molar-refractivity contribution in [3.05, 3.63) is 48.0 Å². The Balaban J connectivity index is 2.31. The quantitative estimate of drug-likeness (QED) is 0.498. The lowest BCUT2D eigenvalue weighted by Crippen LogP contribution is -1.97. The predicted octanol–water partition coefficient (Wildman–Crippen LogP) is 5.14. The van der Waals surface area contributed by atoms with Crippen LogP contribution in [0.25, 0.3) is 10.8 Å². The van der Waals surface area contributed by atoms with Crippen LogP contribution in [0.4, 0.5) is 0 Å². The van der Waals surface area contributed by atoms with Gasteiger partial charge in [0.2, 0.25) is 0 Å². The predicted molar refractivity (Wildman–Crippen MR) is 79.7 cm³/mol. The molecule has 1 atom stereocenters. The standard InChI is InChI=1S/C18H20/c1-3-5-6-10-15(4-2)17-14-9-12-16-11-7-8-13-18(16)17/h2,7-9,11-15H,3,5-6,10H2,1H3. The Morgan fingerprint density at radius 2 is 1.83 bits per heavy atom. The number of hydrogen-bond acceptors (Lipinski definition) is 0. The Labute approximate surface area is 110 Å². The van der Waals surface area contributed by atoms with Crippen LogP contribution in [0.15, 0.2) is 42.5 Å². The van der Waals surface area contributed by atoms with Gasteiger partial charge in [0.05, 0.1) is 0 Å². The molecule has 0 N–H and O–H groups in total. The third-order valence-electron chi connectivity index (χ3n) is 3.50. The Bertz CT molecular complexity index is 540. The van der Waals surface area contributed by atoms with Crippen LogP contribution in [0, 0.1) is 12.3 Å². The molecule has 0 fully saturated rings. The number of rotatable bonds is 5. The normalized spacial score (nSPS) is 12.2. The van der Waals surface area contributed by atoms with Gasteiger partial charge in [-0.05, 0) is 22.8 Å². The zero-order valence-corrected chi connectivity index (χ0v) is 11.0. The molecule has 0 aliphatic heterocycles. The molecule has 0 amide bonds. The second kappa shape index (κ2) is 6.26. The SMILES string of the molecule is C#CC(CCCCC)c1cccc2ccccc12. The minimum Gasteiger partial charge on any atom is -0.119 e. The minimum atomic E-state index is 0.252. The summed E-state index contributed by atoms with van der Waals surface area (Å²) >= 11 is 0. The van der Waals surface area contributed by atoms with E-state index in [1.165, 1.54) is 35.6 Å². The maximum Gasteiger partial charge on any atom is 0.0455 e. The summed E-state index contributed by atoms with van der Waals surface area (Å²) in [6.07, 6.45) is 10.6. The average Bonchev–Trinajstić information content (AvgIpc) is 2.43. The molecule has 0 aromatic heterocycles. The van der Waals surface area contributed by atoms with Crippen LogP contribution in [0.5, 0.6) is 0 Å². The van der Waals surface area contributed by atoms with E-state index in [4.69, 9.17) is 6.42 Å². The molecule has 0 saturated heterocycles. The van der Waals surface area contributed by atoms with Gasteiger partial charge in [-0.25, -0.2) is 0 Å². The van der Waals surface area contributed by atoms with Gasteiger partial charge >= 0.3 is 0 Å². The number of fused-ring (bicyclic) bond motifs is 1. The molecule has 0 radical (unpaired) electrons. The molecule has 2 rings (SSSR count). The summed E-state index contributed by atoms with van der Waals surface area (Å²) < 4.78 is 0. The molecular weight excluding hydrogens is 216 g/mol. The van der Waals surface area contributed by atoms with Crippen LogP contribution >= 0.6 is 0 Å². The van der Waals surface area contributed by atoms with Gasteiger partial charge in [0.25, 0.3) is 0 Å². The highest BCUT2D eigenvalue weighted by Crippen LogP contribution is 2.28. The summed E-state index contributed by atoms with van der Waals surface area (Å²) in [4.78, 5) is 0. The van der Waals surface area contributed by atoms with E-state index in [0.717, 1.165) is 6.42 Å². The Hall–Kier alpha value is -1.74. The summed E-state index contributed by atoms with van der Waals surface area (Å²) in [5.41, 5.74) is 1.31. The van der Waals surface area contributed by atoms with E-state index >= 15 is 0 Å². The lowest BCUT2D eigenvalue weighted by atomic mass is 9.90. The summed E-state index contributed by atoms with van der Waals surface area (Å²) in [6.45, 7) is 2.22. The molecule has 1 unspecified atom stereocenters. The third kappa shape index (κ3) is 2.74. The molecule has 0 spiro atoms. The summed E-state index contributed by atoms with van der Waals surface area (Å²) in [7, 11) is 0. The molecule has 92 valence electrons. The topological polar surface area (TPSA) is 0 Å². The largest absolute Gasteiger partial charge is 0.119 e. The fraction of sp³-hybridized carbons (Fsp3) is 0.333. The van der Waals surface area contributed by atoms with Crippen molar-refractivity contribution in [2.24, 2.45) is 0 Å². The molecular formula is C18H20. The fourth-order valence-corrected chi connectivity index (χ4v) is 2.48. The molecule has 2 aromatic carbocycles. The average molecular weight is 236 g/mol. The molecule has 0 aliphatic carbocycles.